The number of methoxy groups -OCH3 is 1. The van der Waals surface area contributed by atoms with E-state index in [-0.39, 0.29) is 18.0 Å². The molecule has 1 aromatic carbocycles. The van der Waals surface area contributed by atoms with Crippen LogP contribution < -0.4 is 20.1 Å². The number of benzene rings is 1. The lowest BCUT2D eigenvalue weighted by Crippen LogP contribution is -2.42. The normalized spacial score (nSPS) is 13.1. The molecule has 0 aliphatic carbocycles. The van der Waals surface area contributed by atoms with Gasteiger partial charge in [-0.1, -0.05) is 19.1 Å². The number of nitrogens with one attached hydrogen (secondary N) is 2. The Hall–Kier alpha value is -2.05. The molecule has 142 valence electrons. The van der Waals surface area contributed by atoms with Gasteiger partial charge < -0.3 is 14.8 Å². The van der Waals surface area contributed by atoms with E-state index in [4.69, 9.17) is 9.47 Å². The minimum Gasteiger partial charge on any atom is -0.493 e. The fraction of sp³-hybridized carbons (Fsp3) is 0.450. The molecule has 0 aliphatic rings. The molecule has 0 spiro atoms. The molecule has 5 nitrogen and oxygen atoms in total. The van der Waals surface area contributed by atoms with Crippen LogP contribution in [0.5, 0.6) is 11.5 Å². The largest absolute Gasteiger partial charge is 0.493 e. The molecule has 6 heteroatoms. The molecular weight excluding hydrogens is 348 g/mol. The summed E-state index contributed by atoms with van der Waals surface area (Å²) in [6.07, 6.45) is 0.945. The monoisotopic (exact) mass is 376 g/mol. The predicted octanol–water partition coefficient (Wildman–Crippen LogP) is 3.90. The number of thiophene rings is 1. The third-order valence-corrected chi connectivity index (χ3v) is 4.94. The van der Waals surface area contributed by atoms with E-state index in [1.165, 1.54) is 0 Å². The van der Waals surface area contributed by atoms with Crippen LogP contribution in [0.4, 0.5) is 0 Å². The van der Waals surface area contributed by atoms with E-state index < -0.39 is 0 Å². The van der Waals surface area contributed by atoms with Crippen molar-refractivity contribution in [3.8, 4) is 11.5 Å². The van der Waals surface area contributed by atoms with Gasteiger partial charge in [0.1, 0.15) is 0 Å². The van der Waals surface area contributed by atoms with Crippen LogP contribution >= 0.6 is 11.3 Å². The number of carbonyl (C=O) groups is 1. The molecule has 2 N–H and O–H groups in total. The van der Waals surface area contributed by atoms with Crippen molar-refractivity contribution in [3.63, 3.8) is 0 Å². The first-order valence-corrected chi connectivity index (χ1v) is 9.80. The number of rotatable bonds is 10. The highest BCUT2D eigenvalue weighted by molar-refractivity contribution is 7.09. The lowest BCUT2D eigenvalue weighted by Gasteiger charge is -2.21. The third-order valence-electron chi connectivity index (χ3n) is 4.06. The van der Waals surface area contributed by atoms with Crippen LogP contribution in [-0.4, -0.2) is 25.7 Å². The molecule has 0 aliphatic heterocycles. The SMILES string of the molecule is CCCOc1ccc(C(C)NC(C)C(=O)NCc2cccs2)cc1OC. The standard InChI is InChI=1S/C20H28N2O3S/c1-5-10-25-18-9-8-16(12-19(18)24-4)14(2)22-15(3)20(23)21-13-17-7-6-11-26-17/h6-9,11-12,14-15,22H,5,10,13H2,1-4H3,(H,21,23). The lowest BCUT2D eigenvalue weighted by atomic mass is 10.1. The van der Waals surface area contributed by atoms with Crippen LogP contribution in [0.1, 0.15) is 43.7 Å². The van der Waals surface area contributed by atoms with Gasteiger partial charge in [-0.3, -0.25) is 10.1 Å². The summed E-state index contributed by atoms with van der Waals surface area (Å²) in [6.45, 7) is 7.19. The maximum absolute atomic E-state index is 12.3. The number of ether oxygens (including phenoxy) is 2. The molecule has 1 heterocycles. The van der Waals surface area contributed by atoms with Gasteiger partial charge >= 0.3 is 0 Å². The Morgan fingerprint density at radius 1 is 1.23 bits per heavy atom. The third kappa shape index (κ3) is 5.75. The Bertz CT molecular complexity index is 688. The summed E-state index contributed by atoms with van der Waals surface area (Å²) in [4.78, 5) is 13.4. The summed E-state index contributed by atoms with van der Waals surface area (Å²) < 4.78 is 11.1. The number of hydrogen-bond donors (Lipinski definition) is 2. The van der Waals surface area contributed by atoms with E-state index in [0.717, 1.165) is 22.6 Å². The fourth-order valence-electron chi connectivity index (χ4n) is 2.57. The zero-order valence-corrected chi connectivity index (χ0v) is 16.7. The second-order valence-corrected chi connectivity index (χ2v) is 7.20. The zero-order chi connectivity index (χ0) is 18.9. The Morgan fingerprint density at radius 2 is 2.04 bits per heavy atom. The molecule has 0 bridgehead atoms. The molecule has 26 heavy (non-hydrogen) atoms. The highest BCUT2D eigenvalue weighted by Crippen LogP contribution is 2.30. The first-order valence-electron chi connectivity index (χ1n) is 8.92. The van der Waals surface area contributed by atoms with E-state index >= 15 is 0 Å². The van der Waals surface area contributed by atoms with E-state index in [1.54, 1.807) is 18.4 Å². The summed E-state index contributed by atoms with van der Waals surface area (Å²) in [5.41, 5.74) is 1.05. The van der Waals surface area contributed by atoms with Gasteiger partial charge in [-0.15, -0.1) is 11.3 Å². The van der Waals surface area contributed by atoms with Gasteiger partial charge in [0.05, 0.1) is 26.3 Å². The Morgan fingerprint density at radius 3 is 2.69 bits per heavy atom. The van der Waals surface area contributed by atoms with Crippen LogP contribution in [0, 0.1) is 0 Å². The predicted molar refractivity (Wildman–Crippen MR) is 106 cm³/mol. The van der Waals surface area contributed by atoms with Gasteiger partial charge in [-0.2, -0.15) is 0 Å². The van der Waals surface area contributed by atoms with Crippen molar-refractivity contribution in [2.75, 3.05) is 13.7 Å². The van der Waals surface area contributed by atoms with Gasteiger partial charge in [-0.25, -0.2) is 0 Å². The Balaban J connectivity index is 1.92. The van der Waals surface area contributed by atoms with E-state index in [9.17, 15) is 4.79 Å². The Kier molecular flexibility index (Phi) is 7.94. The minimum atomic E-state index is -0.299. The Labute approximate surface area is 159 Å². The number of carbonyl (C=O) groups excluding carboxylic acids is 1. The van der Waals surface area contributed by atoms with Crippen molar-refractivity contribution in [2.24, 2.45) is 0 Å². The topological polar surface area (TPSA) is 59.6 Å². The van der Waals surface area contributed by atoms with Gasteiger partial charge in [0.15, 0.2) is 11.5 Å². The molecular formula is C20H28N2O3S. The quantitative estimate of drug-likeness (QED) is 0.660. The maximum atomic E-state index is 12.3. The maximum Gasteiger partial charge on any atom is 0.237 e. The zero-order valence-electron chi connectivity index (χ0n) is 15.9. The molecule has 0 radical (unpaired) electrons. The number of hydrogen-bond acceptors (Lipinski definition) is 5. The molecule has 1 amide bonds. The van der Waals surface area contributed by atoms with Crippen LogP contribution in [0.2, 0.25) is 0 Å². The molecule has 2 atom stereocenters. The highest BCUT2D eigenvalue weighted by Gasteiger charge is 2.17. The molecule has 1 aromatic heterocycles. The van der Waals surface area contributed by atoms with Crippen LogP contribution in [0.3, 0.4) is 0 Å². The smallest absolute Gasteiger partial charge is 0.237 e. The average Bonchev–Trinajstić information content (AvgIpc) is 3.17. The van der Waals surface area contributed by atoms with Crippen molar-refractivity contribution < 1.29 is 14.3 Å². The van der Waals surface area contributed by atoms with Crippen LogP contribution in [0.15, 0.2) is 35.7 Å². The van der Waals surface area contributed by atoms with Crippen molar-refractivity contribution >= 4 is 17.2 Å². The summed E-state index contributed by atoms with van der Waals surface area (Å²) in [5.74, 6) is 1.44. The molecule has 2 aromatic rings. The van der Waals surface area contributed by atoms with Gasteiger partial charge in [0, 0.05) is 10.9 Å². The first-order chi connectivity index (χ1) is 12.5. The molecule has 2 rings (SSSR count). The molecule has 0 saturated heterocycles. The summed E-state index contributed by atoms with van der Waals surface area (Å²) in [6, 6.07) is 9.58. The van der Waals surface area contributed by atoms with Gasteiger partial charge in [0.2, 0.25) is 5.91 Å². The summed E-state index contributed by atoms with van der Waals surface area (Å²) >= 11 is 1.64. The van der Waals surface area contributed by atoms with E-state index in [0.29, 0.717) is 18.9 Å². The fourth-order valence-corrected chi connectivity index (χ4v) is 3.22. The van der Waals surface area contributed by atoms with E-state index in [1.807, 2.05) is 49.6 Å². The van der Waals surface area contributed by atoms with Crippen molar-refractivity contribution in [3.05, 3.63) is 46.2 Å². The van der Waals surface area contributed by atoms with Crippen molar-refractivity contribution in [1.82, 2.24) is 10.6 Å². The first kappa shape index (κ1) is 20.3. The average molecular weight is 377 g/mol. The molecule has 2 unspecified atom stereocenters. The van der Waals surface area contributed by atoms with E-state index in [2.05, 4.69) is 17.6 Å². The van der Waals surface area contributed by atoms with Gasteiger partial charge in [-0.05, 0) is 49.4 Å². The van der Waals surface area contributed by atoms with Crippen LogP contribution in [-0.2, 0) is 11.3 Å². The minimum absolute atomic E-state index is 0.00612. The number of amides is 1. The van der Waals surface area contributed by atoms with Gasteiger partial charge in [0.25, 0.3) is 0 Å². The lowest BCUT2D eigenvalue weighted by molar-refractivity contribution is -0.123. The molecule has 0 saturated carbocycles. The summed E-state index contributed by atoms with van der Waals surface area (Å²) in [5, 5.41) is 8.30. The molecule has 0 fully saturated rings. The van der Waals surface area contributed by atoms with Crippen molar-refractivity contribution in [1.29, 1.82) is 0 Å². The summed E-state index contributed by atoms with van der Waals surface area (Å²) in [7, 11) is 1.64. The van der Waals surface area contributed by atoms with Crippen molar-refractivity contribution in [2.45, 2.75) is 45.8 Å². The highest BCUT2D eigenvalue weighted by atomic mass is 32.1. The second kappa shape index (κ2) is 10.2. The second-order valence-electron chi connectivity index (χ2n) is 6.17. The van der Waals surface area contributed by atoms with Crippen LogP contribution in [0.25, 0.3) is 0 Å².